The average Bonchev–Trinajstić information content (AvgIpc) is 2.67. The molecule has 9 nitrogen and oxygen atoms in total. The van der Waals surface area contributed by atoms with E-state index in [0.29, 0.717) is 37.4 Å². The number of amides is 2. The lowest BCUT2D eigenvalue weighted by atomic mass is 10.1. The highest BCUT2D eigenvalue weighted by molar-refractivity contribution is 5.99. The van der Waals surface area contributed by atoms with E-state index in [1.54, 1.807) is 18.2 Å². The average molecular weight is 369 g/mol. The number of nitrogens with two attached hydrogens (primary N) is 2. The summed E-state index contributed by atoms with van der Waals surface area (Å²) in [5, 5.41) is 10.9. The molecule has 0 saturated carbocycles. The Balaban J connectivity index is 1.74. The van der Waals surface area contributed by atoms with Crippen LogP contribution in [0.25, 0.3) is 0 Å². The van der Waals surface area contributed by atoms with Crippen LogP contribution in [0.15, 0.2) is 42.5 Å². The summed E-state index contributed by atoms with van der Waals surface area (Å²) in [6.45, 7) is 2.61. The molecule has 4 N–H and O–H groups in total. The summed E-state index contributed by atoms with van der Waals surface area (Å²) in [7, 11) is 0. The van der Waals surface area contributed by atoms with E-state index in [-0.39, 0.29) is 11.3 Å². The van der Waals surface area contributed by atoms with Crippen molar-refractivity contribution < 1.29 is 14.5 Å². The quantitative estimate of drug-likeness (QED) is 0.599. The zero-order chi connectivity index (χ0) is 19.6. The van der Waals surface area contributed by atoms with Gasteiger partial charge in [0.25, 0.3) is 11.6 Å². The van der Waals surface area contributed by atoms with Crippen LogP contribution in [0.3, 0.4) is 0 Å². The van der Waals surface area contributed by atoms with Crippen molar-refractivity contribution in [3.63, 3.8) is 0 Å². The molecule has 0 aromatic heterocycles. The highest BCUT2D eigenvalue weighted by atomic mass is 16.6. The number of anilines is 2. The molecule has 140 valence electrons. The van der Waals surface area contributed by atoms with Gasteiger partial charge in [-0.15, -0.1) is 0 Å². The predicted octanol–water partition coefficient (Wildman–Crippen LogP) is 1.12. The van der Waals surface area contributed by atoms with Gasteiger partial charge in [0.2, 0.25) is 5.91 Å². The van der Waals surface area contributed by atoms with Gasteiger partial charge in [0.15, 0.2) is 0 Å². The summed E-state index contributed by atoms with van der Waals surface area (Å²) in [5.74, 6) is -1.17. The molecule has 1 fully saturated rings. The lowest BCUT2D eigenvalue weighted by molar-refractivity contribution is -0.384. The van der Waals surface area contributed by atoms with Crippen molar-refractivity contribution in [1.29, 1.82) is 0 Å². The highest BCUT2D eigenvalue weighted by Crippen LogP contribution is 2.27. The van der Waals surface area contributed by atoms with Gasteiger partial charge in [0, 0.05) is 49.6 Å². The topological polar surface area (TPSA) is 136 Å². The second kappa shape index (κ2) is 7.32. The van der Waals surface area contributed by atoms with Crippen LogP contribution >= 0.6 is 0 Å². The number of nitrogens with zero attached hydrogens (tertiary/aromatic N) is 3. The van der Waals surface area contributed by atoms with Gasteiger partial charge in [0.1, 0.15) is 0 Å². The minimum Gasteiger partial charge on any atom is -0.368 e. The number of nitro groups is 1. The van der Waals surface area contributed by atoms with E-state index < -0.39 is 16.7 Å². The third-order valence-corrected chi connectivity index (χ3v) is 4.59. The third-order valence-electron chi connectivity index (χ3n) is 4.59. The van der Waals surface area contributed by atoms with Crippen molar-refractivity contribution in [2.24, 2.45) is 11.5 Å². The van der Waals surface area contributed by atoms with E-state index in [0.717, 1.165) is 5.69 Å². The van der Waals surface area contributed by atoms with Crippen LogP contribution in [0.2, 0.25) is 0 Å². The smallest absolute Gasteiger partial charge is 0.270 e. The van der Waals surface area contributed by atoms with Gasteiger partial charge in [-0.05, 0) is 30.3 Å². The van der Waals surface area contributed by atoms with E-state index in [2.05, 4.69) is 4.90 Å². The van der Waals surface area contributed by atoms with Gasteiger partial charge in [0.05, 0.1) is 16.2 Å². The Labute approximate surface area is 155 Å². The zero-order valence-electron chi connectivity index (χ0n) is 14.5. The van der Waals surface area contributed by atoms with Crippen molar-refractivity contribution in [2.45, 2.75) is 0 Å². The number of benzene rings is 2. The largest absolute Gasteiger partial charge is 0.368 e. The number of carbonyl (C=O) groups is 2. The molecule has 1 aliphatic rings. The van der Waals surface area contributed by atoms with Crippen molar-refractivity contribution >= 4 is 28.9 Å². The number of rotatable bonds is 5. The van der Waals surface area contributed by atoms with Crippen LogP contribution in [0.5, 0.6) is 0 Å². The molecule has 0 bridgehead atoms. The molecule has 0 atom stereocenters. The fraction of sp³-hybridized carbons (Fsp3) is 0.222. The van der Waals surface area contributed by atoms with Crippen LogP contribution in [-0.2, 0) is 0 Å². The lowest BCUT2D eigenvalue weighted by Crippen LogP contribution is -2.47. The van der Waals surface area contributed by atoms with E-state index in [1.807, 2.05) is 17.0 Å². The van der Waals surface area contributed by atoms with Gasteiger partial charge < -0.3 is 21.3 Å². The first-order chi connectivity index (χ1) is 12.9. The Morgan fingerprint density at radius 3 is 2.00 bits per heavy atom. The monoisotopic (exact) mass is 369 g/mol. The van der Waals surface area contributed by atoms with Gasteiger partial charge in [-0.2, -0.15) is 0 Å². The minimum absolute atomic E-state index is 0.142. The fourth-order valence-electron chi connectivity index (χ4n) is 3.15. The molecule has 0 aliphatic carbocycles. The number of non-ortho nitro benzene ring substituents is 1. The lowest BCUT2D eigenvalue weighted by Gasteiger charge is -2.38. The van der Waals surface area contributed by atoms with Gasteiger partial charge in [-0.1, -0.05) is 0 Å². The number of primary amides is 2. The molecule has 2 amide bonds. The maximum absolute atomic E-state index is 11.7. The van der Waals surface area contributed by atoms with Crippen molar-refractivity contribution in [2.75, 3.05) is 36.0 Å². The molecule has 0 spiro atoms. The van der Waals surface area contributed by atoms with E-state index in [9.17, 15) is 19.7 Å². The Kier molecular flexibility index (Phi) is 4.93. The highest BCUT2D eigenvalue weighted by Gasteiger charge is 2.23. The molecule has 1 saturated heterocycles. The maximum Gasteiger partial charge on any atom is 0.270 e. The van der Waals surface area contributed by atoms with E-state index >= 15 is 0 Å². The number of nitro benzene ring substituents is 1. The SMILES string of the molecule is NC(=O)c1ccc(N2CCN(c3ccc([N+](=O)[O-])cc3C(N)=O)CC2)cc1. The summed E-state index contributed by atoms with van der Waals surface area (Å²) >= 11 is 0. The normalized spacial score (nSPS) is 14.1. The van der Waals surface area contributed by atoms with Crippen molar-refractivity contribution in [1.82, 2.24) is 0 Å². The van der Waals surface area contributed by atoms with Gasteiger partial charge >= 0.3 is 0 Å². The van der Waals surface area contributed by atoms with Crippen LogP contribution in [-0.4, -0.2) is 42.9 Å². The molecule has 2 aromatic rings. The first-order valence-corrected chi connectivity index (χ1v) is 8.35. The Bertz CT molecular complexity index is 889. The zero-order valence-corrected chi connectivity index (χ0v) is 14.5. The summed E-state index contributed by atoms with van der Waals surface area (Å²) < 4.78 is 0. The summed E-state index contributed by atoms with van der Waals surface area (Å²) in [5.41, 5.74) is 12.7. The second-order valence-electron chi connectivity index (χ2n) is 6.21. The summed E-state index contributed by atoms with van der Waals surface area (Å²) in [6.07, 6.45) is 0. The third kappa shape index (κ3) is 3.81. The molecule has 1 aliphatic heterocycles. The van der Waals surface area contributed by atoms with E-state index in [4.69, 9.17) is 11.5 Å². The molecule has 0 unspecified atom stereocenters. The van der Waals surface area contributed by atoms with Crippen molar-refractivity contribution in [3.8, 4) is 0 Å². The van der Waals surface area contributed by atoms with E-state index in [1.165, 1.54) is 12.1 Å². The summed E-state index contributed by atoms with van der Waals surface area (Å²) in [4.78, 5) is 37.4. The first kappa shape index (κ1) is 18.2. The molecular formula is C18H19N5O4. The maximum atomic E-state index is 11.7. The number of carbonyl (C=O) groups excluding carboxylic acids is 2. The number of hydrogen-bond donors (Lipinski definition) is 2. The fourth-order valence-corrected chi connectivity index (χ4v) is 3.15. The van der Waals surface area contributed by atoms with Crippen LogP contribution in [0.1, 0.15) is 20.7 Å². The van der Waals surface area contributed by atoms with Crippen LogP contribution in [0, 0.1) is 10.1 Å². The van der Waals surface area contributed by atoms with Crippen LogP contribution < -0.4 is 21.3 Å². The number of piperazine rings is 1. The molecule has 2 aromatic carbocycles. The van der Waals surface area contributed by atoms with Crippen molar-refractivity contribution in [3.05, 3.63) is 63.7 Å². The molecular weight excluding hydrogens is 350 g/mol. The molecule has 0 radical (unpaired) electrons. The van der Waals surface area contributed by atoms with Gasteiger partial charge in [-0.25, -0.2) is 0 Å². The standard InChI is InChI=1S/C18H19N5O4/c19-17(24)12-1-3-13(4-2-12)21-7-9-22(10-8-21)16-6-5-14(23(26)27)11-15(16)18(20)25/h1-6,11H,7-10H2,(H2,19,24)(H2,20,25). The summed E-state index contributed by atoms with van der Waals surface area (Å²) in [6, 6.07) is 11.2. The molecule has 27 heavy (non-hydrogen) atoms. The Morgan fingerprint density at radius 1 is 0.889 bits per heavy atom. The predicted molar refractivity (Wildman–Crippen MR) is 101 cm³/mol. The minimum atomic E-state index is -0.696. The first-order valence-electron chi connectivity index (χ1n) is 8.35. The Hall–Kier alpha value is -3.62. The Morgan fingerprint density at radius 2 is 1.48 bits per heavy atom. The molecule has 9 heteroatoms. The second-order valence-corrected chi connectivity index (χ2v) is 6.21. The van der Waals surface area contributed by atoms with Crippen LogP contribution in [0.4, 0.5) is 17.1 Å². The number of hydrogen-bond acceptors (Lipinski definition) is 6. The molecule has 1 heterocycles. The molecule has 3 rings (SSSR count). The van der Waals surface area contributed by atoms with Gasteiger partial charge in [-0.3, -0.25) is 19.7 Å².